The van der Waals surface area contributed by atoms with Gasteiger partial charge in [-0.1, -0.05) is 146 Å². The highest BCUT2D eigenvalue weighted by molar-refractivity contribution is 6.04. The van der Waals surface area contributed by atoms with Crippen LogP contribution in [-0.4, -0.2) is 24.9 Å². The molecule has 5 heteroatoms. The van der Waals surface area contributed by atoms with E-state index < -0.39 is 0 Å². The molecule has 9 rings (SSSR count). The first-order chi connectivity index (χ1) is 25.6. The van der Waals surface area contributed by atoms with Crippen molar-refractivity contribution < 1.29 is 0 Å². The summed E-state index contributed by atoms with van der Waals surface area (Å²) in [7, 11) is 0. The van der Waals surface area contributed by atoms with E-state index in [0.29, 0.717) is 17.5 Å². The zero-order chi connectivity index (χ0) is 35.0. The predicted molar refractivity (Wildman–Crippen MR) is 213 cm³/mol. The highest BCUT2D eigenvalue weighted by Crippen LogP contribution is 2.33. The van der Waals surface area contributed by atoms with E-state index in [-0.39, 0.29) is 0 Å². The molecule has 246 valence electrons. The van der Waals surface area contributed by atoms with Crippen LogP contribution in [0, 0.1) is 13.8 Å². The minimum absolute atomic E-state index is 0.628. The fraction of sp³-hybridized carbons (Fsp3) is 0.0426. The first-order valence-electron chi connectivity index (χ1n) is 17.4. The molecular weight excluding hydrogens is 635 g/mol. The summed E-state index contributed by atoms with van der Waals surface area (Å²) in [6.07, 6.45) is 0. The molecule has 0 unspecified atom stereocenters. The van der Waals surface area contributed by atoms with Gasteiger partial charge in [-0.05, 0) is 59.9 Å². The Morgan fingerprint density at radius 3 is 1.44 bits per heavy atom. The minimum Gasteiger partial charge on any atom is -0.251 e. The first kappa shape index (κ1) is 31.2. The average molecular weight is 668 g/mol. The maximum absolute atomic E-state index is 5.17. The van der Waals surface area contributed by atoms with Crippen LogP contribution in [0.1, 0.15) is 11.3 Å². The molecule has 0 fully saturated rings. The second-order valence-electron chi connectivity index (χ2n) is 13.1. The lowest BCUT2D eigenvalue weighted by Crippen LogP contribution is -2.00. The lowest BCUT2D eigenvalue weighted by Gasteiger charge is -2.11. The number of benzene rings is 6. The summed E-state index contributed by atoms with van der Waals surface area (Å²) in [4.78, 5) is 24.9. The minimum atomic E-state index is 0.628. The van der Waals surface area contributed by atoms with Gasteiger partial charge in [0.25, 0.3) is 0 Å². The molecule has 9 aromatic rings. The van der Waals surface area contributed by atoms with E-state index in [2.05, 4.69) is 128 Å². The average Bonchev–Trinajstić information content (AvgIpc) is 3.21. The van der Waals surface area contributed by atoms with Crippen LogP contribution >= 0.6 is 0 Å². The molecule has 0 bridgehead atoms. The van der Waals surface area contributed by atoms with Gasteiger partial charge >= 0.3 is 0 Å². The van der Waals surface area contributed by atoms with Crippen LogP contribution in [0.3, 0.4) is 0 Å². The molecule has 0 atom stereocenters. The van der Waals surface area contributed by atoms with Crippen molar-refractivity contribution in [3.05, 3.63) is 175 Å². The SMILES string of the molecule is Cc1ccc2ccc3c(C)cc(-c4cccc(-c5ccc(-c6nc(-c7ccccc7)nc(-c7ccc(-c8ccccc8)cc7)n6)cc5)c4)nc3c2n1. The van der Waals surface area contributed by atoms with E-state index in [0.717, 1.165) is 72.1 Å². The normalized spacial score (nSPS) is 11.3. The van der Waals surface area contributed by atoms with E-state index in [9.17, 15) is 0 Å². The standard InChI is InChI=1S/C47H33N5/c1-30-28-42(49-44-41(30)27-26-35-17-16-31(2)48-43(35)44)40-15-9-14-39(29-40)34-20-24-38(25-21-34)47-51-45(36-12-7-4-8-13-36)50-46(52-47)37-22-18-33(19-23-37)32-10-5-3-6-11-32/h3-29H,1-2H3. The molecule has 5 nitrogen and oxygen atoms in total. The largest absolute Gasteiger partial charge is 0.251 e. The van der Waals surface area contributed by atoms with E-state index in [1.807, 2.05) is 49.4 Å². The van der Waals surface area contributed by atoms with Crippen LogP contribution in [-0.2, 0) is 0 Å². The van der Waals surface area contributed by atoms with Crippen molar-refractivity contribution >= 4 is 21.8 Å². The van der Waals surface area contributed by atoms with Gasteiger partial charge in [-0.3, -0.25) is 4.98 Å². The summed E-state index contributed by atoms with van der Waals surface area (Å²) in [6.45, 7) is 4.17. The Bertz CT molecular complexity index is 2720. The number of aromatic nitrogens is 5. The van der Waals surface area contributed by atoms with Gasteiger partial charge in [-0.2, -0.15) is 0 Å². The van der Waals surface area contributed by atoms with Gasteiger partial charge in [0.05, 0.1) is 16.7 Å². The zero-order valence-corrected chi connectivity index (χ0v) is 28.8. The van der Waals surface area contributed by atoms with Crippen molar-refractivity contribution in [2.75, 3.05) is 0 Å². The topological polar surface area (TPSA) is 64.5 Å². The fourth-order valence-electron chi connectivity index (χ4n) is 6.75. The Labute approximate surface area is 302 Å². The molecular formula is C47H33N5. The smallest absolute Gasteiger partial charge is 0.164 e. The number of hydrogen-bond acceptors (Lipinski definition) is 5. The van der Waals surface area contributed by atoms with E-state index >= 15 is 0 Å². The summed E-state index contributed by atoms with van der Waals surface area (Å²) >= 11 is 0. The molecule has 52 heavy (non-hydrogen) atoms. The summed E-state index contributed by atoms with van der Waals surface area (Å²) in [5.74, 6) is 1.90. The summed E-state index contributed by atoms with van der Waals surface area (Å²) in [5, 5.41) is 2.22. The maximum Gasteiger partial charge on any atom is 0.164 e. The Morgan fingerprint density at radius 2 is 0.808 bits per heavy atom. The van der Waals surface area contributed by atoms with Crippen molar-refractivity contribution in [1.29, 1.82) is 0 Å². The molecule has 0 amide bonds. The Hall–Kier alpha value is -6.85. The van der Waals surface area contributed by atoms with E-state index in [1.54, 1.807) is 0 Å². The van der Waals surface area contributed by atoms with Gasteiger partial charge in [-0.25, -0.2) is 19.9 Å². The molecule has 3 heterocycles. The van der Waals surface area contributed by atoms with Crippen molar-refractivity contribution in [2.24, 2.45) is 0 Å². The van der Waals surface area contributed by atoms with Crippen LogP contribution < -0.4 is 0 Å². The van der Waals surface area contributed by atoms with Crippen molar-refractivity contribution in [1.82, 2.24) is 24.9 Å². The van der Waals surface area contributed by atoms with Gasteiger partial charge in [0, 0.05) is 38.7 Å². The molecule has 0 saturated carbocycles. The number of fused-ring (bicyclic) bond motifs is 3. The number of aryl methyl sites for hydroxylation is 2. The molecule has 0 radical (unpaired) electrons. The predicted octanol–water partition coefficient (Wildman–Crippen LogP) is 11.6. The van der Waals surface area contributed by atoms with Crippen LogP contribution in [0.2, 0.25) is 0 Å². The third kappa shape index (κ3) is 5.99. The fourth-order valence-corrected chi connectivity index (χ4v) is 6.75. The molecule has 0 spiro atoms. The van der Waals surface area contributed by atoms with Crippen LogP contribution in [0.25, 0.3) is 89.5 Å². The monoisotopic (exact) mass is 667 g/mol. The molecule has 0 aliphatic carbocycles. The molecule has 6 aromatic carbocycles. The van der Waals surface area contributed by atoms with Gasteiger partial charge in [0.2, 0.25) is 0 Å². The highest BCUT2D eigenvalue weighted by atomic mass is 15.0. The van der Waals surface area contributed by atoms with Crippen LogP contribution in [0.4, 0.5) is 0 Å². The zero-order valence-electron chi connectivity index (χ0n) is 28.8. The Kier molecular flexibility index (Phi) is 7.86. The van der Waals surface area contributed by atoms with Crippen LogP contribution in [0.15, 0.2) is 164 Å². The van der Waals surface area contributed by atoms with Gasteiger partial charge in [0.1, 0.15) is 0 Å². The Balaban J connectivity index is 1.06. The molecule has 3 aromatic heterocycles. The maximum atomic E-state index is 5.17. The van der Waals surface area contributed by atoms with Crippen molar-refractivity contribution in [2.45, 2.75) is 13.8 Å². The number of hydrogen-bond donors (Lipinski definition) is 0. The lowest BCUT2D eigenvalue weighted by atomic mass is 9.98. The second kappa shape index (κ2) is 13.1. The molecule has 0 saturated heterocycles. The quantitative estimate of drug-likeness (QED) is 0.165. The third-order valence-electron chi connectivity index (χ3n) is 9.54. The third-order valence-corrected chi connectivity index (χ3v) is 9.54. The van der Waals surface area contributed by atoms with Crippen LogP contribution in [0.5, 0.6) is 0 Å². The number of pyridine rings is 2. The molecule has 0 N–H and O–H groups in total. The molecule has 0 aliphatic heterocycles. The lowest BCUT2D eigenvalue weighted by molar-refractivity contribution is 1.07. The first-order valence-corrected chi connectivity index (χ1v) is 17.4. The number of rotatable bonds is 6. The summed E-state index contributed by atoms with van der Waals surface area (Å²) in [5.41, 5.74) is 13.4. The van der Waals surface area contributed by atoms with E-state index in [4.69, 9.17) is 24.9 Å². The summed E-state index contributed by atoms with van der Waals surface area (Å²) < 4.78 is 0. The summed E-state index contributed by atoms with van der Waals surface area (Å²) in [6, 6.07) is 56.5. The van der Waals surface area contributed by atoms with Gasteiger partial charge in [0.15, 0.2) is 17.5 Å². The van der Waals surface area contributed by atoms with Gasteiger partial charge < -0.3 is 0 Å². The Morgan fingerprint density at radius 1 is 0.327 bits per heavy atom. The highest BCUT2D eigenvalue weighted by Gasteiger charge is 2.14. The van der Waals surface area contributed by atoms with E-state index in [1.165, 1.54) is 11.1 Å². The van der Waals surface area contributed by atoms with Crippen molar-refractivity contribution in [3.8, 4) is 67.7 Å². The second-order valence-corrected chi connectivity index (χ2v) is 13.1. The van der Waals surface area contributed by atoms with Gasteiger partial charge in [-0.15, -0.1) is 0 Å². The number of nitrogens with zero attached hydrogens (tertiary/aromatic N) is 5. The van der Waals surface area contributed by atoms with Crippen molar-refractivity contribution in [3.63, 3.8) is 0 Å². The molecule has 0 aliphatic rings.